The lowest BCUT2D eigenvalue weighted by molar-refractivity contribution is 0.545. The van der Waals surface area contributed by atoms with E-state index < -0.39 is 53.9 Å². The Kier molecular flexibility index (Phi) is 3.56. The van der Waals surface area contributed by atoms with Crippen molar-refractivity contribution < 1.29 is 25.6 Å². The Morgan fingerprint density at radius 2 is 1.95 bits per heavy atom. The van der Waals surface area contributed by atoms with E-state index in [2.05, 4.69) is 0 Å². The third-order valence-electron chi connectivity index (χ3n) is 2.62. The van der Waals surface area contributed by atoms with E-state index >= 15 is 0 Å². The van der Waals surface area contributed by atoms with Crippen molar-refractivity contribution >= 4 is 25.5 Å². The van der Waals surface area contributed by atoms with Gasteiger partial charge in [-0.1, -0.05) is 6.08 Å². The number of hydrogen-bond donors (Lipinski definition) is 2. The van der Waals surface area contributed by atoms with E-state index in [1.54, 1.807) is 0 Å². The van der Waals surface area contributed by atoms with Crippen molar-refractivity contribution in [3.63, 3.8) is 0 Å². The van der Waals surface area contributed by atoms with Crippen LogP contribution < -0.4 is 10.5 Å². The van der Waals surface area contributed by atoms with E-state index in [4.69, 9.17) is 5.73 Å². The molecule has 0 radical (unpaired) electrons. The first-order valence-electron chi connectivity index (χ1n) is 5.29. The number of hydrogen-bond acceptors (Lipinski definition) is 5. The molecule has 6 nitrogen and oxygen atoms in total. The van der Waals surface area contributed by atoms with Gasteiger partial charge in [-0.2, -0.15) is 0 Å². The van der Waals surface area contributed by atoms with E-state index in [1.165, 1.54) is 0 Å². The summed E-state index contributed by atoms with van der Waals surface area (Å²) in [7, 11) is -7.81. The second-order valence-electron chi connectivity index (χ2n) is 4.16. The molecule has 1 heterocycles. The fraction of sp³-hybridized carbons (Fsp3) is 0.200. The van der Waals surface area contributed by atoms with Crippen molar-refractivity contribution in [1.82, 2.24) is 4.72 Å². The molecule has 0 saturated heterocycles. The first kappa shape index (κ1) is 14.9. The highest BCUT2D eigenvalue weighted by molar-refractivity contribution is 7.94. The van der Waals surface area contributed by atoms with Crippen molar-refractivity contribution in [3.8, 4) is 0 Å². The molecular formula is C10H10F2N2O4S2. The molecule has 110 valence electrons. The Morgan fingerprint density at radius 3 is 2.50 bits per heavy atom. The van der Waals surface area contributed by atoms with E-state index in [1.807, 2.05) is 4.72 Å². The Bertz CT molecular complexity index is 788. The van der Waals surface area contributed by atoms with E-state index in [9.17, 15) is 25.6 Å². The van der Waals surface area contributed by atoms with Gasteiger partial charge in [0.05, 0.1) is 11.8 Å². The van der Waals surface area contributed by atoms with Gasteiger partial charge in [0.15, 0.2) is 15.7 Å². The molecule has 0 aliphatic carbocycles. The minimum Gasteiger partial charge on any atom is -0.394 e. The standard InChI is InChI=1S/C10H10F2N2O4S2/c11-7-1-2-8(9(12)10(7)13)20(17,18)14-6-3-4-19(15,16)5-6/h1-4,6,14H,5,13H2. The monoisotopic (exact) mass is 324 g/mol. The summed E-state index contributed by atoms with van der Waals surface area (Å²) in [5.74, 6) is -2.95. The Morgan fingerprint density at radius 1 is 1.30 bits per heavy atom. The summed E-state index contributed by atoms with van der Waals surface area (Å²) < 4.78 is 74.8. The van der Waals surface area contributed by atoms with Crippen molar-refractivity contribution in [1.29, 1.82) is 0 Å². The topological polar surface area (TPSA) is 106 Å². The van der Waals surface area contributed by atoms with Crippen LogP contribution in [0.2, 0.25) is 0 Å². The highest BCUT2D eigenvalue weighted by atomic mass is 32.2. The van der Waals surface area contributed by atoms with Crippen molar-refractivity contribution in [2.75, 3.05) is 11.5 Å². The summed E-state index contributed by atoms with van der Waals surface area (Å²) in [4.78, 5) is -0.839. The SMILES string of the molecule is Nc1c(F)ccc(S(=O)(=O)NC2C=CS(=O)(=O)C2)c1F. The minimum absolute atomic E-state index is 0.454. The largest absolute Gasteiger partial charge is 0.394 e. The molecule has 1 atom stereocenters. The summed E-state index contributed by atoms with van der Waals surface area (Å²) in [6, 6.07) is 0.431. The maximum atomic E-state index is 13.7. The number of nitrogens with one attached hydrogen (secondary N) is 1. The van der Waals surface area contributed by atoms with Crippen molar-refractivity contribution in [2.24, 2.45) is 0 Å². The zero-order valence-corrected chi connectivity index (χ0v) is 11.5. The molecule has 0 amide bonds. The van der Waals surface area contributed by atoms with Gasteiger partial charge in [-0.3, -0.25) is 0 Å². The molecule has 3 N–H and O–H groups in total. The van der Waals surface area contributed by atoms with Crippen LogP contribution in [-0.2, 0) is 19.9 Å². The minimum atomic E-state index is -4.35. The second kappa shape index (κ2) is 4.79. The highest BCUT2D eigenvalue weighted by Crippen LogP contribution is 2.23. The maximum absolute atomic E-state index is 13.7. The first-order valence-corrected chi connectivity index (χ1v) is 8.49. The molecule has 1 aromatic carbocycles. The van der Waals surface area contributed by atoms with Crippen molar-refractivity contribution in [2.45, 2.75) is 10.9 Å². The molecular weight excluding hydrogens is 314 g/mol. The first-order chi connectivity index (χ1) is 9.12. The van der Waals surface area contributed by atoms with Gasteiger partial charge in [-0.05, 0) is 12.1 Å². The molecule has 0 spiro atoms. The fourth-order valence-electron chi connectivity index (χ4n) is 1.67. The molecule has 0 fully saturated rings. The van der Waals surface area contributed by atoms with Crippen LogP contribution >= 0.6 is 0 Å². The quantitative estimate of drug-likeness (QED) is 0.769. The predicted molar refractivity (Wildman–Crippen MR) is 67.8 cm³/mol. The number of benzene rings is 1. The molecule has 2 rings (SSSR count). The Hall–Kier alpha value is -1.52. The molecule has 10 heteroatoms. The van der Waals surface area contributed by atoms with Gasteiger partial charge in [0.1, 0.15) is 16.4 Å². The van der Waals surface area contributed by atoms with Crippen LogP contribution in [0.3, 0.4) is 0 Å². The Balaban J connectivity index is 2.33. The summed E-state index contributed by atoms with van der Waals surface area (Å²) in [6.45, 7) is 0. The fourth-order valence-corrected chi connectivity index (χ4v) is 4.29. The summed E-state index contributed by atoms with van der Waals surface area (Å²) >= 11 is 0. The molecule has 0 saturated carbocycles. The number of nitrogens with two attached hydrogens (primary N) is 1. The molecule has 1 aromatic rings. The normalized spacial score (nSPS) is 21.2. The smallest absolute Gasteiger partial charge is 0.244 e. The lowest BCUT2D eigenvalue weighted by Crippen LogP contribution is -2.36. The van der Waals surface area contributed by atoms with Crippen LogP contribution in [0.5, 0.6) is 0 Å². The summed E-state index contributed by atoms with van der Waals surface area (Å²) in [5.41, 5.74) is 4.16. The zero-order chi connectivity index (χ0) is 15.1. The summed E-state index contributed by atoms with van der Waals surface area (Å²) in [6.07, 6.45) is 1.14. The molecule has 1 unspecified atom stereocenters. The van der Waals surface area contributed by atoms with E-state index in [0.717, 1.165) is 17.6 Å². The molecule has 20 heavy (non-hydrogen) atoms. The van der Waals surface area contributed by atoms with Crippen LogP contribution in [0.4, 0.5) is 14.5 Å². The highest BCUT2D eigenvalue weighted by Gasteiger charge is 2.29. The van der Waals surface area contributed by atoms with Crippen LogP contribution in [-0.4, -0.2) is 28.6 Å². The van der Waals surface area contributed by atoms with E-state index in [-0.39, 0.29) is 0 Å². The van der Waals surface area contributed by atoms with Gasteiger partial charge in [0, 0.05) is 5.41 Å². The van der Waals surface area contributed by atoms with Crippen LogP contribution in [0.1, 0.15) is 0 Å². The average molecular weight is 324 g/mol. The van der Waals surface area contributed by atoms with Crippen LogP contribution in [0.15, 0.2) is 28.5 Å². The van der Waals surface area contributed by atoms with Gasteiger partial charge in [-0.15, -0.1) is 0 Å². The number of nitrogen functional groups attached to an aromatic ring is 1. The van der Waals surface area contributed by atoms with Gasteiger partial charge < -0.3 is 5.73 Å². The molecule has 1 aliphatic rings. The molecule has 0 aromatic heterocycles. The lowest BCUT2D eigenvalue weighted by Gasteiger charge is -2.12. The van der Waals surface area contributed by atoms with Crippen molar-refractivity contribution in [3.05, 3.63) is 35.3 Å². The third-order valence-corrected chi connectivity index (χ3v) is 5.52. The number of sulfonamides is 1. The number of anilines is 1. The molecule has 1 aliphatic heterocycles. The van der Waals surface area contributed by atoms with Gasteiger partial charge in [0.2, 0.25) is 10.0 Å². The number of rotatable bonds is 3. The molecule has 0 bridgehead atoms. The zero-order valence-electron chi connectivity index (χ0n) is 9.88. The van der Waals surface area contributed by atoms with Gasteiger partial charge in [0.25, 0.3) is 0 Å². The second-order valence-corrected chi connectivity index (χ2v) is 7.77. The summed E-state index contributed by atoms with van der Waals surface area (Å²) in [5, 5.41) is 0.871. The van der Waals surface area contributed by atoms with Gasteiger partial charge >= 0.3 is 0 Å². The maximum Gasteiger partial charge on any atom is 0.244 e. The Labute approximate surface area is 114 Å². The van der Waals surface area contributed by atoms with Gasteiger partial charge in [-0.25, -0.2) is 30.3 Å². The third kappa shape index (κ3) is 2.81. The predicted octanol–water partition coefficient (Wildman–Crippen LogP) is 0.136. The number of sulfone groups is 1. The van der Waals surface area contributed by atoms with E-state index in [0.29, 0.717) is 6.07 Å². The number of halogens is 2. The van der Waals surface area contributed by atoms with Crippen LogP contribution in [0, 0.1) is 11.6 Å². The average Bonchev–Trinajstić information content (AvgIpc) is 2.64. The van der Waals surface area contributed by atoms with Crippen LogP contribution in [0.25, 0.3) is 0 Å². The lowest BCUT2D eigenvalue weighted by atomic mass is 10.3.